The van der Waals surface area contributed by atoms with Crippen LogP contribution in [0.5, 0.6) is 0 Å². The Balaban J connectivity index is 1.46. The molecule has 0 spiro atoms. The summed E-state index contributed by atoms with van der Waals surface area (Å²) in [5.74, 6) is -0.381. The van der Waals surface area contributed by atoms with E-state index in [2.05, 4.69) is 19.9 Å². The Morgan fingerprint density at radius 3 is 2.63 bits per heavy atom. The van der Waals surface area contributed by atoms with Crippen molar-refractivity contribution in [3.05, 3.63) is 35.9 Å². The van der Waals surface area contributed by atoms with E-state index in [0.717, 1.165) is 43.4 Å². The predicted molar refractivity (Wildman–Crippen MR) is 103 cm³/mol. The van der Waals surface area contributed by atoms with E-state index in [9.17, 15) is 4.79 Å². The average molecular weight is 369 g/mol. The van der Waals surface area contributed by atoms with Gasteiger partial charge in [0.05, 0.1) is 42.0 Å². The highest BCUT2D eigenvalue weighted by Gasteiger charge is 2.29. The van der Waals surface area contributed by atoms with Crippen LogP contribution in [0.3, 0.4) is 0 Å². The van der Waals surface area contributed by atoms with Gasteiger partial charge >= 0.3 is 5.97 Å². The van der Waals surface area contributed by atoms with Gasteiger partial charge < -0.3 is 15.0 Å². The first-order chi connectivity index (χ1) is 13.2. The summed E-state index contributed by atoms with van der Waals surface area (Å²) in [6.45, 7) is 4.30. The molecular formula is C20H27N5O2. The molecule has 0 aromatic carbocycles. The summed E-state index contributed by atoms with van der Waals surface area (Å²) in [6, 6.07) is 2.92. The van der Waals surface area contributed by atoms with Crippen LogP contribution in [0.4, 0.5) is 11.4 Å². The maximum atomic E-state index is 12.0. The number of nitrogens with one attached hydrogen (secondary N) is 1. The van der Waals surface area contributed by atoms with Crippen molar-refractivity contribution < 1.29 is 9.53 Å². The Morgan fingerprint density at radius 2 is 1.96 bits per heavy atom. The Hall–Kier alpha value is -2.41. The SMILES string of the molecule is COC(=O)c1ccncc1Nc1cn(C2CCN(C3CCC3)CC2)nc1C. The number of methoxy groups -OCH3 is 1. The van der Waals surface area contributed by atoms with Gasteiger partial charge in [-0.2, -0.15) is 5.10 Å². The molecule has 1 aliphatic carbocycles. The monoisotopic (exact) mass is 369 g/mol. The van der Waals surface area contributed by atoms with Crippen LogP contribution in [0.1, 0.15) is 54.2 Å². The number of esters is 1. The molecular weight excluding hydrogens is 342 g/mol. The molecule has 2 fully saturated rings. The molecule has 7 nitrogen and oxygen atoms in total. The number of hydrogen-bond acceptors (Lipinski definition) is 6. The number of aryl methyl sites for hydroxylation is 1. The highest BCUT2D eigenvalue weighted by molar-refractivity contribution is 5.96. The van der Waals surface area contributed by atoms with Gasteiger partial charge in [-0.05, 0) is 38.7 Å². The molecule has 0 bridgehead atoms. The van der Waals surface area contributed by atoms with Gasteiger partial charge in [0.1, 0.15) is 0 Å². The minimum Gasteiger partial charge on any atom is -0.465 e. The normalized spacial score (nSPS) is 18.9. The molecule has 27 heavy (non-hydrogen) atoms. The van der Waals surface area contributed by atoms with Gasteiger partial charge in [-0.25, -0.2) is 4.79 Å². The van der Waals surface area contributed by atoms with E-state index in [1.165, 1.54) is 26.4 Å². The third-order valence-electron chi connectivity index (χ3n) is 5.88. The third-order valence-corrected chi connectivity index (χ3v) is 5.88. The van der Waals surface area contributed by atoms with E-state index in [4.69, 9.17) is 9.84 Å². The van der Waals surface area contributed by atoms with E-state index in [1.807, 2.05) is 13.1 Å². The standard InChI is InChI=1S/C20H27N5O2/c1-14-19(22-18-12-21-9-6-17(18)20(26)27-2)13-25(23-14)16-7-10-24(11-8-16)15-4-3-5-15/h6,9,12-13,15-16,22H,3-5,7-8,10-11H2,1-2H3. The Morgan fingerprint density at radius 1 is 1.19 bits per heavy atom. The molecule has 2 aromatic rings. The van der Waals surface area contributed by atoms with Gasteiger partial charge in [0.2, 0.25) is 0 Å². The number of carbonyl (C=O) groups is 1. The molecule has 2 aromatic heterocycles. The lowest BCUT2D eigenvalue weighted by Crippen LogP contribution is -2.45. The first-order valence-electron chi connectivity index (χ1n) is 9.75. The van der Waals surface area contributed by atoms with Gasteiger partial charge in [-0.15, -0.1) is 0 Å². The fourth-order valence-corrected chi connectivity index (χ4v) is 3.99. The van der Waals surface area contributed by atoms with E-state index in [0.29, 0.717) is 17.3 Å². The van der Waals surface area contributed by atoms with E-state index >= 15 is 0 Å². The van der Waals surface area contributed by atoms with E-state index in [1.54, 1.807) is 18.5 Å². The zero-order valence-corrected chi connectivity index (χ0v) is 16.0. The summed E-state index contributed by atoms with van der Waals surface area (Å²) in [5.41, 5.74) is 2.91. The zero-order valence-electron chi connectivity index (χ0n) is 16.0. The lowest BCUT2D eigenvalue weighted by atomic mass is 9.89. The fourth-order valence-electron chi connectivity index (χ4n) is 3.99. The molecule has 0 amide bonds. The summed E-state index contributed by atoms with van der Waals surface area (Å²) in [5, 5.41) is 8.03. The van der Waals surface area contributed by atoms with Crippen LogP contribution in [0.25, 0.3) is 0 Å². The van der Waals surface area contributed by atoms with Crippen molar-refractivity contribution in [3.63, 3.8) is 0 Å². The van der Waals surface area contributed by atoms with Gasteiger partial charge in [0.15, 0.2) is 0 Å². The first kappa shape index (κ1) is 18.0. The van der Waals surface area contributed by atoms with Crippen LogP contribution in [0.15, 0.2) is 24.7 Å². The van der Waals surface area contributed by atoms with Crippen molar-refractivity contribution in [1.29, 1.82) is 0 Å². The van der Waals surface area contributed by atoms with Gasteiger partial charge in [-0.3, -0.25) is 9.67 Å². The number of piperidine rings is 1. The molecule has 0 atom stereocenters. The molecule has 1 saturated carbocycles. The minimum absolute atomic E-state index is 0.381. The Labute approximate surface area is 159 Å². The van der Waals surface area contributed by atoms with Crippen LogP contribution >= 0.6 is 0 Å². The van der Waals surface area contributed by atoms with Crippen molar-refractivity contribution in [2.45, 2.75) is 51.1 Å². The minimum atomic E-state index is -0.381. The number of rotatable bonds is 5. The summed E-state index contributed by atoms with van der Waals surface area (Å²) >= 11 is 0. The van der Waals surface area contributed by atoms with E-state index < -0.39 is 0 Å². The van der Waals surface area contributed by atoms with Crippen LogP contribution in [0.2, 0.25) is 0 Å². The predicted octanol–water partition coefficient (Wildman–Crippen LogP) is 3.31. The zero-order chi connectivity index (χ0) is 18.8. The number of carbonyl (C=O) groups excluding carboxylic acids is 1. The Bertz CT molecular complexity index is 806. The second-order valence-corrected chi connectivity index (χ2v) is 7.50. The highest BCUT2D eigenvalue weighted by Crippen LogP contribution is 2.32. The van der Waals surface area contributed by atoms with Crippen LogP contribution in [0, 0.1) is 6.92 Å². The molecule has 4 rings (SSSR count). The molecule has 1 aliphatic heterocycles. The lowest BCUT2D eigenvalue weighted by molar-refractivity contribution is 0.0601. The third kappa shape index (κ3) is 3.69. The summed E-state index contributed by atoms with van der Waals surface area (Å²) < 4.78 is 6.94. The van der Waals surface area contributed by atoms with Crippen molar-refractivity contribution >= 4 is 17.3 Å². The fraction of sp³-hybridized carbons (Fsp3) is 0.550. The van der Waals surface area contributed by atoms with Gasteiger partial charge in [-0.1, -0.05) is 6.42 Å². The van der Waals surface area contributed by atoms with Crippen LogP contribution < -0.4 is 5.32 Å². The van der Waals surface area contributed by atoms with E-state index in [-0.39, 0.29) is 5.97 Å². The number of likely N-dealkylation sites (tertiary alicyclic amines) is 1. The molecule has 1 N–H and O–H groups in total. The van der Waals surface area contributed by atoms with Crippen LogP contribution in [-0.4, -0.2) is 51.9 Å². The molecule has 3 heterocycles. The molecule has 0 unspecified atom stereocenters. The van der Waals surface area contributed by atoms with Crippen molar-refractivity contribution in [2.75, 3.05) is 25.5 Å². The summed E-state index contributed by atoms with van der Waals surface area (Å²) in [6.07, 6.45) is 11.7. The number of pyridine rings is 1. The number of nitrogens with zero attached hydrogens (tertiary/aromatic N) is 4. The molecule has 0 radical (unpaired) electrons. The number of ether oxygens (including phenoxy) is 1. The van der Waals surface area contributed by atoms with Gasteiger partial charge in [0, 0.05) is 31.5 Å². The first-order valence-corrected chi connectivity index (χ1v) is 9.75. The topological polar surface area (TPSA) is 72.3 Å². The molecule has 2 aliphatic rings. The second kappa shape index (κ2) is 7.68. The summed E-state index contributed by atoms with van der Waals surface area (Å²) in [4.78, 5) is 18.7. The van der Waals surface area contributed by atoms with Crippen molar-refractivity contribution in [1.82, 2.24) is 19.7 Å². The average Bonchev–Trinajstić information content (AvgIpc) is 3.01. The molecule has 1 saturated heterocycles. The van der Waals surface area contributed by atoms with Crippen molar-refractivity contribution in [3.8, 4) is 0 Å². The number of aromatic nitrogens is 3. The molecule has 7 heteroatoms. The summed E-state index contributed by atoms with van der Waals surface area (Å²) in [7, 11) is 1.38. The lowest BCUT2D eigenvalue weighted by Gasteiger charge is -2.41. The van der Waals surface area contributed by atoms with Crippen molar-refractivity contribution in [2.24, 2.45) is 0 Å². The largest absolute Gasteiger partial charge is 0.465 e. The highest BCUT2D eigenvalue weighted by atomic mass is 16.5. The van der Waals surface area contributed by atoms with Gasteiger partial charge in [0.25, 0.3) is 0 Å². The maximum absolute atomic E-state index is 12.0. The second-order valence-electron chi connectivity index (χ2n) is 7.50. The van der Waals surface area contributed by atoms with Crippen LogP contribution in [-0.2, 0) is 4.74 Å². The number of hydrogen-bond donors (Lipinski definition) is 1. The maximum Gasteiger partial charge on any atom is 0.340 e. The number of anilines is 2. The smallest absolute Gasteiger partial charge is 0.340 e. The Kier molecular flexibility index (Phi) is 5.11. The molecule has 144 valence electrons. The quantitative estimate of drug-likeness (QED) is 0.815.